The number of methoxy groups -OCH3 is 3. The van der Waals surface area contributed by atoms with E-state index in [0.717, 1.165) is 10.9 Å². The minimum Gasteiger partial charge on any atom is -0.493 e. The maximum absolute atomic E-state index is 13.3. The van der Waals surface area contributed by atoms with Gasteiger partial charge in [0, 0.05) is 31.2 Å². The highest BCUT2D eigenvalue weighted by molar-refractivity contribution is 7.93. The first-order valence-electron chi connectivity index (χ1n) is 8.18. The van der Waals surface area contributed by atoms with Gasteiger partial charge in [-0.2, -0.15) is 0 Å². The lowest BCUT2D eigenvalue weighted by Crippen LogP contribution is -2.27. The molecule has 27 heavy (non-hydrogen) atoms. The van der Waals surface area contributed by atoms with Crippen molar-refractivity contribution in [1.29, 1.82) is 0 Å². The normalized spacial score (nSPS) is 11.4. The molecule has 7 nitrogen and oxygen atoms in total. The third-order valence-corrected chi connectivity index (χ3v) is 6.35. The van der Waals surface area contributed by atoms with E-state index in [1.54, 1.807) is 12.1 Å². The number of hydrogen-bond donors (Lipinski definition) is 0. The lowest BCUT2D eigenvalue weighted by Gasteiger charge is -2.22. The van der Waals surface area contributed by atoms with E-state index in [0.29, 0.717) is 11.4 Å². The molecule has 8 heteroatoms. The fourth-order valence-corrected chi connectivity index (χ4v) is 4.36. The van der Waals surface area contributed by atoms with Gasteiger partial charge in [0.2, 0.25) is 5.75 Å². The van der Waals surface area contributed by atoms with Crippen LogP contribution in [0.2, 0.25) is 0 Å². The zero-order valence-corrected chi connectivity index (χ0v) is 16.7. The first-order valence-corrected chi connectivity index (χ1v) is 9.62. The quantitative estimate of drug-likeness (QED) is 0.647. The molecule has 0 atom stereocenters. The Bertz CT molecular complexity index is 1090. The minimum atomic E-state index is -3.89. The topological polar surface area (TPSA) is 70.0 Å². The SMILES string of the molecule is COc1ccc(S(=O)(=O)N(C)c2ccc3c(ccn3C)c2)c(OC)c1OC. The van der Waals surface area contributed by atoms with Gasteiger partial charge in [-0.25, -0.2) is 8.42 Å². The van der Waals surface area contributed by atoms with Crippen LogP contribution in [0.5, 0.6) is 17.2 Å². The van der Waals surface area contributed by atoms with Gasteiger partial charge in [0.15, 0.2) is 11.5 Å². The van der Waals surface area contributed by atoms with E-state index >= 15 is 0 Å². The lowest BCUT2D eigenvalue weighted by atomic mass is 10.2. The van der Waals surface area contributed by atoms with Crippen LogP contribution in [0.25, 0.3) is 10.9 Å². The number of aromatic nitrogens is 1. The summed E-state index contributed by atoms with van der Waals surface area (Å²) in [6, 6.07) is 10.4. The number of aryl methyl sites for hydroxylation is 1. The molecule has 0 saturated heterocycles. The third kappa shape index (κ3) is 3.06. The van der Waals surface area contributed by atoms with Crippen molar-refractivity contribution in [2.75, 3.05) is 32.7 Å². The highest BCUT2D eigenvalue weighted by Gasteiger charge is 2.29. The Morgan fingerprint density at radius 3 is 2.26 bits per heavy atom. The van der Waals surface area contributed by atoms with E-state index in [-0.39, 0.29) is 16.4 Å². The van der Waals surface area contributed by atoms with Gasteiger partial charge >= 0.3 is 0 Å². The van der Waals surface area contributed by atoms with Crippen molar-refractivity contribution in [2.24, 2.45) is 7.05 Å². The van der Waals surface area contributed by atoms with Gasteiger partial charge in [-0.1, -0.05) is 0 Å². The van der Waals surface area contributed by atoms with Gasteiger partial charge in [-0.15, -0.1) is 0 Å². The number of anilines is 1. The van der Waals surface area contributed by atoms with Crippen molar-refractivity contribution in [3.8, 4) is 17.2 Å². The maximum Gasteiger partial charge on any atom is 0.267 e. The van der Waals surface area contributed by atoms with Crippen LogP contribution in [0, 0.1) is 0 Å². The van der Waals surface area contributed by atoms with E-state index < -0.39 is 10.0 Å². The number of rotatable bonds is 6. The number of sulfonamides is 1. The molecule has 1 aromatic heterocycles. The fraction of sp³-hybridized carbons (Fsp3) is 0.263. The standard InChI is InChI=1S/C19H22N2O5S/c1-20-11-10-13-12-14(6-7-15(13)20)21(2)27(22,23)17-9-8-16(24-3)18(25-4)19(17)26-5/h6-12H,1-5H3. The summed E-state index contributed by atoms with van der Waals surface area (Å²) in [5, 5.41) is 0.955. The zero-order valence-electron chi connectivity index (χ0n) is 15.9. The molecule has 0 unspecified atom stereocenters. The van der Waals surface area contributed by atoms with Crippen LogP contribution in [-0.2, 0) is 17.1 Å². The van der Waals surface area contributed by atoms with Crippen LogP contribution in [0.3, 0.4) is 0 Å². The first-order chi connectivity index (χ1) is 12.8. The summed E-state index contributed by atoms with van der Waals surface area (Å²) in [7, 11) is 3.87. The second-order valence-corrected chi connectivity index (χ2v) is 7.91. The van der Waals surface area contributed by atoms with Gasteiger partial charge < -0.3 is 18.8 Å². The van der Waals surface area contributed by atoms with E-state index in [9.17, 15) is 8.42 Å². The predicted molar refractivity (Wildman–Crippen MR) is 105 cm³/mol. The van der Waals surface area contributed by atoms with E-state index in [4.69, 9.17) is 14.2 Å². The molecule has 0 aliphatic rings. The largest absolute Gasteiger partial charge is 0.493 e. The summed E-state index contributed by atoms with van der Waals surface area (Å²) in [6.07, 6.45) is 1.93. The summed E-state index contributed by atoms with van der Waals surface area (Å²) in [4.78, 5) is -0.00157. The van der Waals surface area contributed by atoms with Crippen molar-refractivity contribution in [3.63, 3.8) is 0 Å². The molecule has 144 valence electrons. The summed E-state index contributed by atoms with van der Waals surface area (Å²) < 4.78 is 45.6. The molecule has 0 saturated carbocycles. The van der Waals surface area contributed by atoms with Crippen LogP contribution in [0.4, 0.5) is 5.69 Å². The first kappa shape index (κ1) is 18.9. The molecule has 0 aliphatic carbocycles. The number of benzene rings is 2. The second-order valence-electron chi connectivity index (χ2n) is 5.97. The Morgan fingerprint density at radius 2 is 1.63 bits per heavy atom. The number of hydrogen-bond acceptors (Lipinski definition) is 5. The van der Waals surface area contributed by atoms with Crippen molar-refractivity contribution in [3.05, 3.63) is 42.6 Å². The van der Waals surface area contributed by atoms with Crippen LogP contribution in [-0.4, -0.2) is 41.4 Å². The molecule has 0 spiro atoms. The minimum absolute atomic E-state index is 0.00157. The van der Waals surface area contributed by atoms with Crippen LogP contribution in [0.15, 0.2) is 47.5 Å². The van der Waals surface area contributed by atoms with Crippen molar-refractivity contribution < 1.29 is 22.6 Å². The Labute approximate surface area is 158 Å². The molecule has 1 heterocycles. The van der Waals surface area contributed by atoms with Crippen LogP contribution in [0.1, 0.15) is 0 Å². The van der Waals surface area contributed by atoms with Crippen molar-refractivity contribution in [2.45, 2.75) is 4.90 Å². The van der Waals surface area contributed by atoms with Gasteiger partial charge in [0.25, 0.3) is 10.0 Å². The Hall–Kier alpha value is -2.87. The third-order valence-electron chi connectivity index (χ3n) is 4.54. The average molecular weight is 390 g/mol. The highest BCUT2D eigenvalue weighted by Crippen LogP contribution is 2.43. The van der Waals surface area contributed by atoms with E-state index in [2.05, 4.69) is 0 Å². The van der Waals surface area contributed by atoms with Gasteiger partial charge in [-0.05, 0) is 36.4 Å². The lowest BCUT2D eigenvalue weighted by molar-refractivity contribution is 0.318. The van der Waals surface area contributed by atoms with E-state index in [1.807, 2.05) is 36.0 Å². The highest BCUT2D eigenvalue weighted by atomic mass is 32.2. The Morgan fingerprint density at radius 1 is 0.926 bits per heavy atom. The van der Waals surface area contributed by atoms with Crippen molar-refractivity contribution in [1.82, 2.24) is 4.57 Å². The monoisotopic (exact) mass is 390 g/mol. The number of ether oxygens (including phenoxy) is 3. The second kappa shape index (κ2) is 7.03. The molecule has 0 fully saturated rings. The van der Waals surface area contributed by atoms with Gasteiger partial charge in [-0.3, -0.25) is 4.31 Å². The number of nitrogens with zero attached hydrogens (tertiary/aromatic N) is 2. The molecule has 0 bridgehead atoms. The Kier molecular flexibility index (Phi) is 4.93. The molecule has 3 aromatic rings. The van der Waals surface area contributed by atoms with Gasteiger partial charge in [0.1, 0.15) is 4.90 Å². The molecule has 0 radical (unpaired) electrons. The number of fused-ring (bicyclic) bond motifs is 1. The maximum atomic E-state index is 13.3. The molecule has 0 amide bonds. The van der Waals surface area contributed by atoms with E-state index in [1.165, 1.54) is 38.7 Å². The average Bonchev–Trinajstić information content (AvgIpc) is 3.05. The van der Waals surface area contributed by atoms with Gasteiger partial charge in [0.05, 0.1) is 27.0 Å². The zero-order chi connectivity index (χ0) is 19.8. The smallest absolute Gasteiger partial charge is 0.267 e. The molecule has 0 N–H and O–H groups in total. The Balaban J connectivity index is 2.12. The van der Waals surface area contributed by atoms with Crippen LogP contribution >= 0.6 is 0 Å². The summed E-state index contributed by atoms with van der Waals surface area (Å²) in [5.41, 5.74) is 1.57. The molecule has 2 aromatic carbocycles. The summed E-state index contributed by atoms with van der Waals surface area (Å²) in [6.45, 7) is 0. The molecule has 3 rings (SSSR count). The molecular formula is C19H22N2O5S. The summed E-state index contributed by atoms with van der Waals surface area (Å²) in [5.74, 6) is 0.721. The molecule has 0 aliphatic heterocycles. The predicted octanol–water partition coefficient (Wildman–Crippen LogP) is 3.03. The van der Waals surface area contributed by atoms with Crippen LogP contribution < -0.4 is 18.5 Å². The molecular weight excluding hydrogens is 368 g/mol. The summed E-state index contributed by atoms with van der Waals surface area (Å²) >= 11 is 0. The fourth-order valence-electron chi connectivity index (χ4n) is 3.03. The van der Waals surface area contributed by atoms with Crippen molar-refractivity contribution >= 4 is 26.6 Å².